The van der Waals surface area contributed by atoms with Gasteiger partial charge in [0.2, 0.25) is 0 Å². The van der Waals surface area contributed by atoms with E-state index in [1.807, 2.05) is 20.0 Å². The van der Waals surface area contributed by atoms with Gasteiger partial charge in [0, 0.05) is 31.5 Å². The highest BCUT2D eigenvalue weighted by molar-refractivity contribution is 5.60. The van der Waals surface area contributed by atoms with E-state index in [0.29, 0.717) is 30.2 Å². The maximum Gasteiger partial charge on any atom is 0.159 e. The average Bonchev–Trinajstić information content (AvgIpc) is 3.21. The minimum atomic E-state index is -0.889. The summed E-state index contributed by atoms with van der Waals surface area (Å²) >= 11 is 0. The first-order chi connectivity index (χ1) is 12.5. The molecule has 0 fully saturated rings. The lowest BCUT2D eigenvalue weighted by molar-refractivity contribution is 0.164. The van der Waals surface area contributed by atoms with Crippen molar-refractivity contribution in [2.24, 2.45) is 7.05 Å². The van der Waals surface area contributed by atoms with E-state index in [2.05, 4.69) is 15.6 Å². The Morgan fingerprint density at radius 3 is 2.73 bits per heavy atom. The van der Waals surface area contributed by atoms with Crippen molar-refractivity contribution in [3.63, 3.8) is 0 Å². The van der Waals surface area contributed by atoms with Gasteiger partial charge in [-0.1, -0.05) is 11.2 Å². The van der Waals surface area contributed by atoms with Gasteiger partial charge in [-0.3, -0.25) is 4.68 Å². The van der Waals surface area contributed by atoms with Crippen molar-refractivity contribution >= 4 is 0 Å². The summed E-state index contributed by atoms with van der Waals surface area (Å²) in [5.41, 5.74) is 3.17. The van der Waals surface area contributed by atoms with Gasteiger partial charge in [-0.15, -0.1) is 0 Å². The van der Waals surface area contributed by atoms with E-state index in [9.17, 15) is 8.78 Å². The second-order valence-corrected chi connectivity index (χ2v) is 6.01. The van der Waals surface area contributed by atoms with Gasteiger partial charge in [0.05, 0.1) is 25.4 Å². The summed E-state index contributed by atoms with van der Waals surface area (Å²) in [6, 6.07) is 5.30. The fourth-order valence-electron chi connectivity index (χ4n) is 2.67. The topological polar surface area (TPSA) is 65.1 Å². The molecule has 0 spiro atoms. The smallest absolute Gasteiger partial charge is 0.159 e. The summed E-state index contributed by atoms with van der Waals surface area (Å²) < 4.78 is 38.9. The SMILES string of the molecule is COCC(NCc1cc(-c2cnn(C)c2C)no1)c1ccc(F)c(F)c1. The molecule has 1 N–H and O–H groups in total. The minimum Gasteiger partial charge on any atom is -0.383 e. The summed E-state index contributed by atoms with van der Waals surface area (Å²) in [6.07, 6.45) is 1.74. The maximum absolute atomic E-state index is 13.5. The lowest BCUT2D eigenvalue weighted by atomic mass is 10.1. The van der Waals surface area contributed by atoms with Crippen LogP contribution in [-0.4, -0.2) is 28.7 Å². The first-order valence-electron chi connectivity index (χ1n) is 8.11. The van der Waals surface area contributed by atoms with Crippen LogP contribution in [0.3, 0.4) is 0 Å². The third-order valence-corrected chi connectivity index (χ3v) is 4.27. The molecule has 6 nitrogen and oxygen atoms in total. The monoisotopic (exact) mass is 362 g/mol. The molecule has 0 saturated carbocycles. The van der Waals surface area contributed by atoms with Crippen LogP contribution >= 0.6 is 0 Å². The molecule has 1 unspecified atom stereocenters. The van der Waals surface area contributed by atoms with Crippen LogP contribution < -0.4 is 5.32 Å². The Morgan fingerprint density at radius 2 is 2.08 bits per heavy atom. The molecule has 0 aliphatic carbocycles. The summed E-state index contributed by atoms with van der Waals surface area (Å²) in [5, 5.41) is 11.5. The molecule has 8 heteroatoms. The second-order valence-electron chi connectivity index (χ2n) is 6.01. The van der Waals surface area contributed by atoms with Crippen LogP contribution in [0.5, 0.6) is 0 Å². The lowest BCUT2D eigenvalue weighted by Gasteiger charge is -2.17. The molecule has 0 radical (unpaired) electrons. The Hall–Kier alpha value is -2.58. The number of nitrogens with one attached hydrogen (secondary N) is 1. The van der Waals surface area contributed by atoms with Gasteiger partial charge in [0.15, 0.2) is 17.4 Å². The molecule has 3 rings (SSSR count). The molecule has 0 bridgehead atoms. The van der Waals surface area contributed by atoms with E-state index in [0.717, 1.165) is 23.4 Å². The molecule has 0 saturated heterocycles. The van der Waals surface area contributed by atoms with Crippen LogP contribution in [0.25, 0.3) is 11.3 Å². The van der Waals surface area contributed by atoms with E-state index in [1.165, 1.54) is 6.07 Å². The molecular formula is C18H20F2N4O2. The molecule has 0 amide bonds. The van der Waals surface area contributed by atoms with Crippen LogP contribution in [0.15, 0.2) is 35.0 Å². The van der Waals surface area contributed by atoms with Crippen LogP contribution in [-0.2, 0) is 18.3 Å². The van der Waals surface area contributed by atoms with Crippen molar-refractivity contribution in [2.45, 2.75) is 19.5 Å². The average molecular weight is 362 g/mol. The van der Waals surface area contributed by atoms with E-state index in [-0.39, 0.29) is 6.04 Å². The molecular weight excluding hydrogens is 342 g/mol. The fourth-order valence-corrected chi connectivity index (χ4v) is 2.67. The predicted molar refractivity (Wildman–Crippen MR) is 91.3 cm³/mol. The number of ether oxygens (including phenoxy) is 1. The third-order valence-electron chi connectivity index (χ3n) is 4.27. The Bertz CT molecular complexity index is 891. The number of hydrogen-bond acceptors (Lipinski definition) is 5. The van der Waals surface area contributed by atoms with E-state index >= 15 is 0 Å². The summed E-state index contributed by atoms with van der Waals surface area (Å²) in [5.74, 6) is -1.15. The van der Waals surface area contributed by atoms with Crippen molar-refractivity contribution in [3.8, 4) is 11.3 Å². The number of aromatic nitrogens is 3. The zero-order chi connectivity index (χ0) is 18.7. The van der Waals surface area contributed by atoms with E-state index < -0.39 is 11.6 Å². The van der Waals surface area contributed by atoms with Crippen molar-refractivity contribution in [1.29, 1.82) is 0 Å². The molecule has 3 aromatic rings. The highest BCUT2D eigenvalue weighted by atomic mass is 19.2. The van der Waals surface area contributed by atoms with Crippen molar-refractivity contribution in [1.82, 2.24) is 20.3 Å². The Balaban J connectivity index is 1.71. The van der Waals surface area contributed by atoms with E-state index in [4.69, 9.17) is 9.26 Å². The largest absolute Gasteiger partial charge is 0.383 e. The summed E-state index contributed by atoms with van der Waals surface area (Å²) in [4.78, 5) is 0. The van der Waals surface area contributed by atoms with Crippen LogP contribution in [0.4, 0.5) is 8.78 Å². The number of hydrogen-bond donors (Lipinski definition) is 1. The molecule has 1 atom stereocenters. The van der Waals surface area contributed by atoms with Crippen molar-refractivity contribution in [2.75, 3.05) is 13.7 Å². The first kappa shape index (κ1) is 18.2. The van der Waals surface area contributed by atoms with Gasteiger partial charge in [0.1, 0.15) is 5.69 Å². The molecule has 26 heavy (non-hydrogen) atoms. The third kappa shape index (κ3) is 3.81. The van der Waals surface area contributed by atoms with Crippen LogP contribution in [0.2, 0.25) is 0 Å². The van der Waals surface area contributed by atoms with E-state index in [1.54, 1.807) is 18.0 Å². The maximum atomic E-state index is 13.5. The molecule has 0 aliphatic rings. The van der Waals surface area contributed by atoms with Gasteiger partial charge in [-0.05, 0) is 24.6 Å². The fraction of sp³-hybridized carbons (Fsp3) is 0.333. The highest BCUT2D eigenvalue weighted by Gasteiger charge is 2.16. The Labute approximate surface area is 149 Å². The molecule has 0 aliphatic heterocycles. The normalized spacial score (nSPS) is 12.5. The number of rotatable bonds is 7. The number of aryl methyl sites for hydroxylation is 1. The number of nitrogens with zero attached hydrogens (tertiary/aromatic N) is 3. The minimum absolute atomic E-state index is 0.299. The number of halogens is 2. The predicted octanol–water partition coefficient (Wildman–Crippen LogP) is 3.14. The standard InChI is InChI=1S/C18H20F2N4O2/c1-11-14(9-22-24(11)2)17-7-13(26-23-17)8-21-18(10-25-3)12-4-5-15(19)16(20)6-12/h4-7,9,18,21H,8,10H2,1-3H3. The Kier molecular flexibility index (Phi) is 5.43. The summed E-state index contributed by atoms with van der Waals surface area (Å²) in [7, 11) is 3.41. The highest BCUT2D eigenvalue weighted by Crippen LogP contribution is 2.23. The van der Waals surface area contributed by atoms with Gasteiger partial charge in [-0.2, -0.15) is 5.10 Å². The van der Waals surface area contributed by atoms with Crippen molar-refractivity contribution in [3.05, 3.63) is 59.1 Å². The lowest BCUT2D eigenvalue weighted by Crippen LogP contribution is -2.25. The van der Waals surface area contributed by atoms with Gasteiger partial charge >= 0.3 is 0 Å². The quantitative estimate of drug-likeness (QED) is 0.700. The second kappa shape index (κ2) is 7.76. The molecule has 138 valence electrons. The zero-order valence-corrected chi connectivity index (χ0v) is 14.8. The molecule has 2 aromatic heterocycles. The zero-order valence-electron chi connectivity index (χ0n) is 14.8. The first-order valence-corrected chi connectivity index (χ1v) is 8.11. The van der Waals surface area contributed by atoms with Crippen molar-refractivity contribution < 1.29 is 18.0 Å². The van der Waals surface area contributed by atoms with Gasteiger partial charge in [0.25, 0.3) is 0 Å². The summed E-state index contributed by atoms with van der Waals surface area (Å²) in [6.45, 7) is 2.61. The number of methoxy groups -OCH3 is 1. The molecule has 1 aromatic carbocycles. The van der Waals surface area contributed by atoms with Crippen LogP contribution in [0, 0.1) is 18.6 Å². The molecule has 2 heterocycles. The van der Waals surface area contributed by atoms with Gasteiger partial charge < -0.3 is 14.6 Å². The van der Waals surface area contributed by atoms with Gasteiger partial charge in [-0.25, -0.2) is 8.78 Å². The number of benzene rings is 1. The Morgan fingerprint density at radius 1 is 1.27 bits per heavy atom. The van der Waals surface area contributed by atoms with Crippen LogP contribution in [0.1, 0.15) is 23.1 Å².